The molecule has 0 unspecified atom stereocenters. The molecule has 0 bridgehead atoms. The van der Waals surface area contributed by atoms with Crippen molar-refractivity contribution in [1.82, 2.24) is 9.42 Å². The maximum atomic E-state index is 14.0. The summed E-state index contributed by atoms with van der Waals surface area (Å²) in [4.78, 5) is 39.9. The Morgan fingerprint density at radius 1 is 0.816 bits per heavy atom. The van der Waals surface area contributed by atoms with Crippen LogP contribution in [-0.2, 0) is 11.2 Å². The van der Waals surface area contributed by atoms with E-state index in [1.807, 2.05) is 59.7 Å². The number of aryl methyl sites for hydroxylation is 3. The van der Waals surface area contributed by atoms with Gasteiger partial charge in [-0.25, -0.2) is 9.80 Å². The molecule has 0 atom stereocenters. The summed E-state index contributed by atoms with van der Waals surface area (Å²) in [6, 6.07) is 19.3. The molecule has 3 rings (SSSR count). The van der Waals surface area contributed by atoms with Crippen molar-refractivity contribution in [2.24, 2.45) is 0 Å². The lowest BCUT2D eigenvalue weighted by molar-refractivity contribution is -0.00181. The summed E-state index contributed by atoms with van der Waals surface area (Å²) in [5.41, 5.74) is 3.34. The van der Waals surface area contributed by atoms with Gasteiger partial charge >= 0.3 is 5.97 Å². The van der Waals surface area contributed by atoms with E-state index < -0.39 is 17.4 Å². The van der Waals surface area contributed by atoms with E-state index in [0.717, 1.165) is 35.3 Å². The zero-order chi connectivity index (χ0) is 28.0. The van der Waals surface area contributed by atoms with Crippen LogP contribution in [0.5, 0.6) is 5.75 Å². The summed E-state index contributed by atoms with van der Waals surface area (Å²) >= 11 is 0.720. The van der Waals surface area contributed by atoms with Crippen LogP contribution < -0.4 is 4.18 Å². The standard InChI is InChI=1S/C30H34N2O5S/c1-8-22-12-14-23(15-13-22)27(33)31(30(4,5)6)32(28(34)25-17-20(2)16-21(3)18-25)38-37-26-11-9-10-24(19-26)29(35)36-7/h9-19H,8H2,1-7H3. The third kappa shape index (κ3) is 6.95. The van der Waals surface area contributed by atoms with Crippen molar-refractivity contribution in [3.05, 3.63) is 100 Å². The maximum Gasteiger partial charge on any atom is 0.337 e. The highest BCUT2D eigenvalue weighted by molar-refractivity contribution is 7.93. The van der Waals surface area contributed by atoms with Crippen LogP contribution >= 0.6 is 12.2 Å². The van der Waals surface area contributed by atoms with Crippen molar-refractivity contribution in [3.63, 3.8) is 0 Å². The Bertz CT molecular complexity index is 1290. The Labute approximate surface area is 229 Å². The highest BCUT2D eigenvalue weighted by Gasteiger charge is 2.38. The minimum Gasteiger partial charge on any atom is -0.465 e. The summed E-state index contributed by atoms with van der Waals surface area (Å²) in [5, 5.41) is 1.41. The van der Waals surface area contributed by atoms with Gasteiger partial charge in [-0.15, -0.1) is 4.41 Å². The van der Waals surface area contributed by atoms with Crippen molar-refractivity contribution >= 4 is 30.0 Å². The van der Waals surface area contributed by atoms with Crippen LogP contribution in [0.25, 0.3) is 0 Å². The second-order valence-electron chi connectivity index (χ2n) is 9.97. The van der Waals surface area contributed by atoms with Crippen LogP contribution in [0.4, 0.5) is 0 Å². The number of amides is 2. The maximum absolute atomic E-state index is 14.0. The first-order chi connectivity index (χ1) is 17.9. The molecule has 0 heterocycles. The summed E-state index contributed by atoms with van der Waals surface area (Å²) in [6.45, 7) is 11.4. The van der Waals surface area contributed by atoms with E-state index in [1.165, 1.54) is 22.6 Å². The van der Waals surface area contributed by atoms with Gasteiger partial charge in [0.25, 0.3) is 11.8 Å². The molecule has 3 aromatic carbocycles. The second kappa shape index (κ2) is 12.2. The van der Waals surface area contributed by atoms with E-state index in [2.05, 4.69) is 0 Å². The van der Waals surface area contributed by atoms with Crippen LogP contribution in [0.2, 0.25) is 0 Å². The summed E-state index contributed by atoms with van der Waals surface area (Å²) in [7, 11) is 1.30. The highest BCUT2D eigenvalue weighted by Crippen LogP contribution is 2.30. The molecule has 0 aliphatic heterocycles. The van der Waals surface area contributed by atoms with E-state index in [0.29, 0.717) is 22.4 Å². The van der Waals surface area contributed by atoms with E-state index in [-0.39, 0.29) is 5.91 Å². The van der Waals surface area contributed by atoms with Gasteiger partial charge in [0.1, 0.15) is 5.75 Å². The molecule has 0 spiro atoms. The topological polar surface area (TPSA) is 76.2 Å². The molecule has 0 aliphatic carbocycles. The first-order valence-corrected chi connectivity index (χ1v) is 13.0. The molecule has 0 saturated carbocycles. The van der Waals surface area contributed by atoms with E-state index in [4.69, 9.17) is 8.92 Å². The zero-order valence-corrected chi connectivity index (χ0v) is 23.7. The number of esters is 1. The highest BCUT2D eigenvalue weighted by atomic mass is 32.2. The molecule has 0 aliphatic rings. The molecule has 3 aromatic rings. The molecule has 0 saturated heterocycles. The smallest absolute Gasteiger partial charge is 0.337 e. The number of carbonyl (C=O) groups is 3. The zero-order valence-electron chi connectivity index (χ0n) is 22.9. The monoisotopic (exact) mass is 534 g/mol. The number of carbonyl (C=O) groups excluding carboxylic acids is 3. The lowest BCUT2D eigenvalue weighted by Gasteiger charge is -2.41. The Balaban J connectivity index is 2.05. The predicted molar refractivity (Wildman–Crippen MR) is 150 cm³/mol. The lowest BCUT2D eigenvalue weighted by Crippen LogP contribution is -2.55. The predicted octanol–water partition coefficient (Wildman–Crippen LogP) is 6.59. The molecule has 2 amide bonds. The Kier molecular flexibility index (Phi) is 9.22. The summed E-state index contributed by atoms with van der Waals surface area (Å²) in [6.07, 6.45) is 0.850. The largest absolute Gasteiger partial charge is 0.465 e. The van der Waals surface area contributed by atoms with Gasteiger partial charge in [-0.1, -0.05) is 42.3 Å². The van der Waals surface area contributed by atoms with Crippen molar-refractivity contribution in [2.75, 3.05) is 7.11 Å². The second-order valence-corrected chi connectivity index (χ2v) is 10.6. The normalized spacial score (nSPS) is 11.0. The molecule has 38 heavy (non-hydrogen) atoms. The molecule has 0 aromatic heterocycles. The van der Waals surface area contributed by atoms with Gasteiger partial charge in [0.15, 0.2) is 0 Å². The molecule has 0 fully saturated rings. The van der Waals surface area contributed by atoms with Gasteiger partial charge in [0.05, 0.1) is 18.2 Å². The number of methoxy groups -OCH3 is 1. The quantitative estimate of drug-likeness (QED) is 0.147. The third-order valence-electron chi connectivity index (χ3n) is 5.72. The average molecular weight is 535 g/mol. The molecule has 0 radical (unpaired) electrons. The Morgan fingerprint density at radius 3 is 2.00 bits per heavy atom. The number of nitrogens with zero attached hydrogens (tertiary/aromatic N) is 2. The molecule has 200 valence electrons. The van der Waals surface area contributed by atoms with Crippen molar-refractivity contribution in [2.45, 2.75) is 53.5 Å². The Morgan fingerprint density at radius 2 is 1.45 bits per heavy atom. The van der Waals surface area contributed by atoms with Crippen LogP contribution in [-0.4, -0.2) is 39.9 Å². The fourth-order valence-corrected chi connectivity index (χ4v) is 4.72. The Hall–Kier alpha value is -3.78. The first kappa shape index (κ1) is 28.8. The number of benzene rings is 3. The minimum absolute atomic E-state index is 0.303. The molecule has 8 heteroatoms. The average Bonchev–Trinajstić information content (AvgIpc) is 2.88. The van der Waals surface area contributed by atoms with Crippen molar-refractivity contribution in [1.29, 1.82) is 0 Å². The van der Waals surface area contributed by atoms with Crippen LogP contribution in [0, 0.1) is 13.8 Å². The van der Waals surface area contributed by atoms with E-state index in [1.54, 1.807) is 42.5 Å². The number of hydrogen-bond acceptors (Lipinski definition) is 6. The molecule has 7 nitrogen and oxygen atoms in total. The number of hydrogen-bond donors (Lipinski definition) is 0. The third-order valence-corrected chi connectivity index (χ3v) is 6.46. The lowest BCUT2D eigenvalue weighted by atomic mass is 10.0. The van der Waals surface area contributed by atoms with Gasteiger partial charge in [-0.2, -0.15) is 0 Å². The number of rotatable bonds is 7. The van der Waals surface area contributed by atoms with E-state index in [9.17, 15) is 14.4 Å². The number of hydrazine groups is 1. The summed E-state index contributed by atoms with van der Waals surface area (Å²) in [5.74, 6) is -0.952. The molecular weight excluding hydrogens is 500 g/mol. The number of ether oxygens (including phenoxy) is 1. The van der Waals surface area contributed by atoms with Crippen LogP contribution in [0.15, 0.2) is 66.7 Å². The fourth-order valence-electron chi connectivity index (χ4n) is 3.90. The van der Waals surface area contributed by atoms with Crippen molar-refractivity contribution < 1.29 is 23.3 Å². The SMILES string of the molecule is CCc1ccc(C(=O)N(N(SOc2cccc(C(=O)OC)c2)C(=O)c2cc(C)cc(C)c2)C(C)(C)C)cc1. The van der Waals surface area contributed by atoms with Crippen LogP contribution in [0.3, 0.4) is 0 Å². The first-order valence-electron chi connectivity index (χ1n) is 12.3. The minimum atomic E-state index is -0.792. The fraction of sp³-hybridized carbons (Fsp3) is 0.300. The molecule has 0 N–H and O–H groups in total. The van der Waals surface area contributed by atoms with Gasteiger partial charge in [0.2, 0.25) is 12.2 Å². The molecular formula is C30H34N2O5S. The summed E-state index contributed by atoms with van der Waals surface area (Å²) < 4.78 is 12.0. The van der Waals surface area contributed by atoms with Gasteiger partial charge < -0.3 is 8.92 Å². The van der Waals surface area contributed by atoms with E-state index >= 15 is 0 Å². The van der Waals surface area contributed by atoms with Gasteiger partial charge in [-0.3, -0.25) is 9.59 Å². The van der Waals surface area contributed by atoms with Crippen molar-refractivity contribution in [3.8, 4) is 5.75 Å². The van der Waals surface area contributed by atoms with Gasteiger partial charge in [-0.05, 0) is 89.1 Å². The van der Waals surface area contributed by atoms with Crippen LogP contribution in [0.1, 0.15) is 75.5 Å². The van der Waals surface area contributed by atoms with Gasteiger partial charge in [0, 0.05) is 11.1 Å².